The van der Waals surface area contributed by atoms with Gasteiger partial charge in [-0.05, 0) is 24.9 Å². The first kappa shape index (κ1) is 12.2. The Morgan fingerprint density at radius 1 is 1.53 bits per heavy atom. The van der Waals surface area contributed by atoms with E-state index in [0.717, 1.165) is 31.9 Å². The summed E-state index contributed by atoms with van der Waals surface area (Å²) in [5, 5.41) is 3.42. The second-order valence-corrected chi connectivity index (χ2v) is 4.23. The minimum Gasteiger partial charge on any atom is -0.349 e. The van der Waals surface area contributed by atoms with Gasteiger partial charge in [-0.15, -0.1) is 0 Å². The van der Waals surface area contributed by atoms with Crippen molar-refractivity contribution in [2.45, 2.75) is 20.3 Å². The molecule has 0 bridgehead atoms. The van der Waals surface area contributed by atoms with E-state index in [1.807, 2.05) is 6.20 Å². The van der Waals surface area contributed by atoms with Gasteiger partial charge in [0.15, 0.2) is 0 Å². The summed E-state index contributed by atoms with van der Waals surface area (Å²) >= 11 is 0. The molecule has 1 atom stereocenters. The third-order valence-corrected chi connectivity index (χ3v) is 2.75. The maximum atomic E-state index is 5.69. The number of nitrogens with zero attached hydrogens (tertiary/aromatic N) is 1. The van der Waals surface area contributed by atoms with Gasteiger partial charge >= 0.3 is 0 Å². The Balaban J connectivity index is 2.10. The molecule has 86 valence electrons. The second kappa shape index (κ2) is 6.58. The highest BCUT2D eigenvalue weighted by Gasteiger charge is 2.10. The Bertz CT molecular complexity index is 243. The van der Waals surface area contributed by atoms with Crippen molar-refractivity contribution in [2.75, 3.05) is 19.6 Å². The van der Waals surface area contributed by atoms with E-state index in [2.05, 4.69) is 29.1 Å². The summed E-state index contributed by atoms with van der Waals surface area (Å²) < 4.78 is 0. The number of nitrogens with one attached hydrogen (secondary N) is 2. The van der Waals surface area contributed by atoms with Crippen molar-refractivity contribution in [1.29, 1.82) is 0 Å². The van der Waals surface area contributed by atoms with Crippen LogP contribution in [0.25, 0.3) is 0 Å². The van der Waals surface area contributed by atoms with Crippen LogP contribution in [0.1, 0.15) is 19.7 Å². The minimum atomic E-state index is 0.571. The van der Waals surface area contributed by atoms with Crippen LogP contribution in [0.3, 0.4) is 0 Å². The van der Waals surface area contributed by atoms with Gasteiger partial charge in [0.1, 0.15) is 5.82 Å². The van der Waals surface area contributed by atoms with Crippen molar-refractivity contribution in [1.82, 2.24) is 15.3 Å². The van der Waals surface area contributed by atoms with Crippen LogP contribution in [0, 0.1) is 11.8 Å². The maximum absolute atomic E-state index is 5.69. The summed E-state index contributed by atoms with van der Waals surface area (Å²) in [7, 11) is 0. The summed E-state index contributed by atoms with van der Waals surface area (Å²) in [6, 6.07) is 0. The van der Waals surface area contributed by atoms with Crippen molar-refractivity contribution in [3.05, 3.63) is 18.2 Å². The lowest BCUT2D eigenvalue weighted by atomic mass is 9.96. The van der Waals surface area contributed by atoms with Crippen molar-refractivity contribution >= 4 is 0 Å². The molecule has 0 aliphatic heterocycles. The Kier molecular flexibility index (Phi) is 5.36. The van der Waals surface area contributed by atoms with Gasteiger partial charge in [0.25, 0.3) is 0 Å². The first-order valence-corrected chi connectivity index (χ1v) is 5.63. The monoisotopic (exact) mass is 210 g/mol. The van der Waals surface area contributed by atoms with Crippen LogP contribution >= 0.6 is 0 Å². The van der Waals surface area contributed by atoms with Gasteiger partial charge in [0, 0.05) is 25.4 Å². The Morgan fingerprint density at radius 3 is 2.87 bits per heavy atom. The zero-order valence-corrected chi connectivity index (χ0v) is 9.66. The van der Waals surface area contributed by atoms with E-state index in [9.17, 15) is 0 Å². The van der Waals surface area contributed by atoms with Crippen LogP contribution < -0.4 is 11.1 Å². The predicted molar refractivity (Wildman–Crippen MR) is 62.5 cm³/mol. The third kappa shape index (κ3) is 4.44. The zero-order valence-electron chi connectivity index (χ0n) is 9.66. The number of hydrogen-bond donors (Lipinski definition) is 3. The van der Waals surface area contributed by atoms with E-state index in [-0.39, 0.29) is 0 Å². The minimum absolute atomic E-state index is 0.571. The number of imidazole rings is 1. The van der Waals surface area contributed by atoms with Gasteiger partial charge < -0.3 is 16.0 Å². The fourth-order valence-corrected chi connectivity index (χ4v) is 1.52. The molecule has 1 heterocycles. The Hall–Kier alpha value is -0.870. The molecule has 1 aromatic heterocycles. The van der Waals surface area contributed by atoms with Gasteiger partial charge in [-0.25, -0.2) is 4.98 Å². The number of hydrogen-bond acceptors (Lipinski definition) is 3. The van der Waals surface area contributed by atoms with E-state index < -0.39 is 0 Å². The van der Waals surface area contributed by atoms with E-state index in [1.54, 1.807) is 6.20 Å². The van der Waals surface area contributed by atoms with Crippen LogP contribution in [-0.2, 0) is 6.42 Å². The molecule has 0 amide bonds. The molecule has 0 fully saturated rings. The fourth-order valence-electron chi connectivity index (χ4n) is 1.52. The van der Waals surface area contributed by atoms with Crippen molar-refractivity contribution < 1.29 is 0 Å². The summed E-state index contributed by atoms with van der Waals surface area (Å²) in [6.45, 7) is 7.13. The molecule has 0 aromatic carbocycles. The van der Waals surface area contributed by atoms with Crippen LogP contribution in [0.2, 0.25) is 0 Å². The molecule has 0 radical (unpaired) electrons. The van der Waals surface area contributed by atoms with Gasteiger partial charge in [-0.1, -0.05) is 13.8 Å². The Morgan fingerprint density at radius 2 is 2.33 bits per heavy atom. The molecule has 0 spiro atoms. The summed E-state index contributed by atoms with van der Waals surface area (Å²) in [5.41, 5.74) is 5.69. The smallest absolute Gasteiger partial charge is 0.107 e. The van der Waals surface area contributed by atoms with E-state index in [0.29, 0.717) is 11.8 Å². The molecular formula is C11H22N4. The first-order valence-electron chi connectivity index (χ1n) is 5.63. The lowest BCUT2D eigenvalue weighted by Gasteiger charge is -2.19. The zero-order chi connectivity index (χ0) is 11.1. The molecule has 1 rings (SSSR count). The molecule has 1 unspecified atom stereocenters. The second-order valence-electron chi connectivity index (χ2n) is 4.23. The standard InChI is InChI=1S/C11H22N4/c1-9(2)10(7-12)8-13-4-3-11-14-5-6-15-11/h5-6,9-10,13H,3-4,7-8,12H2,1-2H3,(H,14,15). The molecule has 4 heteroatoms. The van der Waals surface area contributed by atoms with Crippen molar-refractivity contribution in [2.24, 2.45) is 17.6 Å². The average molecular weight is 210 g/mol. The Labute approximate surface area is 91.7 Å². The molecule has 0 saturated carbocycles. The quantitative estimate of drug-likeness (QED) is 0.582. The van der Waals surface area contributed by atoms with Gasteiger partial charge in [-0.2, -0.15) is 0 Å². The van der Waals surface area contributed by atoms with Gasteiger partial charge in [-0.3, -0.25) is 0 Å². The topological polar surface area (TPSA) is 66.7 Å². The van der Waals surface area contributed by atoms with Crippen LogP contribution in [0.15, 0.2) is 12.4 Å². The van der Waals surface area contributed by atoms with Crippen LogP contribution in [0.4, 0.5) is 0 Å². The van der Waals surface area contributed by atoms with Gasteiger partial charge in [0.2, 0.25) is 0 Å². The average Bonchev–Trinajstić information content (AvgIpc) is 2.70. The van der Waals surface area contributed by atoms with Crippen molar-refractivity contribution in [3.8, 4) is 0 Å². The number of aromatic amines is 1. The highest BCUT2D eigenvalue weighted by molar-refractivity contribution is 4.87. The maximum Gasteiger partial charge on any atom is 0.107 e. The largest absolute Gasteiger partial charge is 0.349 e. The highest BCUT2D eigenvalue weighted by Crippen LogP contribution is 2.07. The molecule has 4 nitrogen and oxygen atoms in total. The lowest BCUT2D eigenvalue weighted by molar-refractivity contribution is 0.372. The van der Waals surface area contributed by atoms with Crippen molar-refractivity contribution in [3.63, 3.8) is 0 Å². The molecule has 0 saturated heterocycles. The van der Waals surface area contributed by atoms with Gasteiger partial charge in [0.05, 0.1) is 0 Å². The molecule has 0 aliphatic rings. The van der Waals surface area contributed by atoms with Crippen LogP contribution in [-0.4, -0.2) is 29.6 Å². The molecule has 0 aliphatic carbocycles. The molecule has 4 N–H and O–H groups in total. The molecule has 1 aromatic rings. The number of nitrogens with two attached hydrogens (primary N) is 1. The lowest BCUT2D eigenvalue weighted by Crippen LogP contribution is -2.32. The highest BCUT2D eigenvalue weighted by atomic mass is 14.9. The summed E-state index contributed by atoms with van der Waals surface area (Å²) in [5.74, 6) is 2.25. The number of aromatic nitrogens is 2. The van der Waals surface area contributed by atoms with E-state index in [4.69, 9.17) is 5.73 Å². The third-order valence-electron chi connectivity index (χ3n) is 2.75. The number of H-pyrrole nitrogens is 1. The molecule has 15 heavy (non-hydrogen) atoms. The molecular weight excluding hydrogens is 188 g/mol. The van der Waals surface area contributed by atoms with Crippen LogP contribution in [0.5, 0.6) is 0 Å². The normalized spacial score (nSPS) is 13.3. The number of rotatable bonds is 7. The summed E-state index contributed by atoms with van der Waals surface area (Å²) in [4.78, 5) is 7.25. The fraction of sp³-hybridized carbons (Fsp3) is 0.727. The predicted octanol–water partition coefficient (Wildman–Crippen LogP) is 0.773. The van der Waals surface area contributed by atoms with E-state index >= 15 is 0 Å². The summed E-state index contributed by atoms with van der Waals surface area (Å²) in [6.07, 6.45) is 4.58. The SMILES string of the molecule is CC(C)C(CN)CNCCc1ncc[nH]1. The first-order chi connectivity index (χ1) is 7.24. The van der Waals surface area contributed by atoms with E-state index in [1.165, 1.54) is 0 Å².